The minimum Gasteiger partial charge on any atom is -0.389 e. The molecule has 7 heteroatoms. The van der Waals surface area contributed by atoms with Gasteiger partial charge >= 0.3 is 0 Å². The first-order valence-electron chi connectivity index (χ1n) is 5.58. The van der Waals surface area contributed by atoms with Crippen LogP contribution in [0.4, 0.5) is 14.5 Å². The van der Waals surface area contributed by atoms with Crippen molar-refractivity contribution in [1.29, 1.82) is 0 Å². The summed E-state index contributed by atoms with van der Waals surface area (Å²) in [7, 11) is 0. The summed E-state index contributed by atoms with van der Waals surface area (Å²) < 4.78 is 29.1. The summed E-state index contributed by atoms with van der Waals surface area (Å²) in [5, 5.41) is 6.68. The predicted octanol–water partition coefficient (Wildman–Crippen LogP) is 1.91. The fraction of sp³-hybridized carbons (Fsp3) is 0.167. The molecule has 1 aromatic carbocycles. The summed E-state index contributed by atoms with van der Waals surface area (Å²) >= 11 is 4.68. The molecular formula is C12H12F2N4S. The maximum Gasteiger partial charge on any atom is 0.150 e. The zero-order chi connectivity index (χ0) is 13.8. The number of hydrogen-bond acceptors (Lipinski definition) is 3. The van der Waals surface area contributed by atoms with Crippen LogP contribution in [0.25, 0.3) is 0 Å². The third-order valence-corrected chi connectivity index (χ3v) is 2.76. The molecule has 0 amide bonds. The molecule has 0 aliphatic rings. The standard InChI is InChI=1S/C12H12F2N4S/c13-9-6-8(12(15)19)7-10(14)11(9)16-3-5-18-4-1-2-17-18/h1-2,4,6-7,16H,3,5H2,(H2,15,19). The van der Waals surface area contributed by atoms with E-state index >= 15 is 0 Å². The van der Waals surface area contributed by atoms with Gasteiger partial charge in [0.1, 0.15) is 22.3 Å². The zero-order valence-corrected chi connectivity index (χ0v) is 10.8. The van der Waals surface area contributed by atoms with Crippen molar-refractivity contribution in [2.45, 2.75) is 6.54 Å². The van der Waals surface area contributed by atoms with Crippen molar-refractivity contribution in [2.24, 2.45) is 5.73 Å². The van der Waals surface area contributed by atoms with Crippen LogP contribution in [0.3, 0.4) is 0 Å². The SMILES string of the molecule is NC(=S)c1cc(F)c(NCCn2cccn2)c(F)c1. The van der Waals surface area contributed by atoms with Crippen LogP contribution in [-0.2, 0) is 6.54 Å². The van der Waals surface area contributed by atoms with Gasteiger partial charge in [0, 0.05) is 24.5 Å². The largest absolute Gasteiger partial charge is 0.389 e. The Morgan fingerprint density at radius 3 is 2.58 bits per heavy atom. The van der Waals surface area contributed by atoms with E-state index in [2.05, 4.69) is 22.6 Å². The van der Waals surface area contributed by atoms with E-state index in [-0.39, 0.29) is 16.2 Å². The molecule has 19 heavy (non-hydrogen) atoms. The van der Waals surface area contributed by atoms with Gasteiger partial charge < -0.3 is 11.1 Å². The third kappa shape index (κ3) is 3.25. The van der Waals surface area contributed by atoms with Gasteiger partial charge in [0.2, 0.25) is 0 Å². The molecule has 0 radical (unpaired) electrons. The van der Waals surface area contributed by atoms with Crippen molar-refractivity contribution in [3.8, 4) is 0 Å². The number of anilines is 1. The third-order valence-electron chi connectivity index (χ3n) is 2.53. The van der Waals surface area contributed by atoms with Crippen LogP contribution in [0.15, 0.2) is 30.6 Å². The van der Waals surface area contributed by atoms with E-state index in [1.165, 1.54) is 0 Å². The Labute approximate surface area is 114 Å². The van der Waals surface area contributed by atoms with E-state index in [1.54, 1.807) is 23.1 Å². The van der Waals surface area contributed by atoms with E-state index in [0.29, 0.717) is 13.1 Å². The van der Waals surface area contributed by atoms with E-state index in [4.69, 9.17) is 5.73 Å². The molecule has 100 valence electrons. The number of halogens is 2. The second-order valence-electron chi connectivity index (χ2n) is 3.88. The number of nitrogens with zero attached hydrogens (tertiary/aromatic N) is 2. The highest BCUT2D eigenvalue weighted by molar-refractivity contribution is 7.80. The van der Waals surface area contributed by atoms with Gasteiger partial charge in [-0.25, -0.2) is 8.78 Å². The number of nitrogens with one attached hydrogen (secondary N) is 1. The summed E-state index contributed by atoms with van der Waals surface area (Å²) in [5.74, 6) is -1.44. The van der Waals surface area contributed by atoms with E-state index < -0.39 is 11.6 Å². The first kappa shape index (κ1) is 13.4. The van der Waals surface area contributed by atoms with Crippen molar-refractivity contribution < 1.29 is 8.78 Å². The topological polar surface area (TPSA) is 55.9 Å². The highest BCUT2D eigenvalue weighted by atomic mass is 32.1. The number of benzene rings is 1. The van der Waals surface area contributed by atoms with Crippen LogP contribution in [0.1, 0.15) is 5.56 Å². The monoisotopic (exact) mass is 282 g/mol. The van der Waals surface area contributed by atoms with Crippen molar-refractivity contribution in [3.05, 3.63) is 47.8 Å². The lowest BCUT2D eigenvalue weighted by Crippen LogP contribution is -2.15. The van der Waals surface area contributed by atoms with E-state index in [9.17, 15) is 8.78 Å². The van der Waals surface area contributed by atoms with Gasteiger partial charge in [0.25, 0.3) is 0 Å². The average molecular weight is 282 g/mol. The Morgan fingerprint density at radius 2 is 2.05 bits per heavy atom. The fourth-order valence-electron chi connectivity index (χ4n) is 1.61. The number of rotatable bonds is 5. The summed E-state index contributed by atoms with van der Waals surface area (Å²) in [6, 6.07) is 4.00. The second kappa shape index (κ2) is 5.75. The van der Waals surface area contributed by atoms with Gasteiger partial charge in [-0.05, 0) is 18.2 Å². The lowest BCUT2D eigenvalue weighted by Gasteiger charge is -2.10. The van der Waals surface area contributed by atoms with Gasteiger partial charge in [-0.15, -0.1) is 0 Å². The average Bonchev–Trinajstić information content (AvgIpc) is 2.85. The van der Waals surface area contributed by atoms with Crippen molar-refractivity contribution >= 4 is 22.9 Å². The van der Waals surface area contributed by atoms with Crippen molar-refractivity contribution in [3.63, 3.8) is 0 Å². The number of aromatic nitrogens is 2. The minimum absolute atomic E-state index is 0.0408. The van der Waals surface area contributed by atoms with Crippen LogP contribution < -0.4 is 11.1 Å². The lowest BCUT2D eigenvalue weighted by molar-refractivity contribution is 0.581. The molecule has 0 aliphatic heterocycles. The normalized spacial score (nSPS) is 10.4. The maximum absolute atomic E-state index is 13.7. The number of nitrogens with two attached hydrogens (primary N) is 1. The molecule has 1 heterocycles. The maximum atomic E-state index is 13.7. The molecule has 0 saturated carbocycles. The van der Waals surface area contributed by atoms with Gasteiger partial charge in [-0.2, -0.15) is 5.10 Å². The molecule has 2 rings (SSSR count). The lowest BCUT2D eigenvalue weighted by atomic mass is 10.2. The first-order chi connectivity index (χ1) is 9.08. The molecule has 0 atom stereocenters. The molecule has 0 fully saturated rings. The van der Waals surface area contributed by atoms with Crippen LogP contribution in [-0.4, -0.2) is 21.3 Å². The van der Waals surface area contributed by atoms with E-state index in [1.807, 2.05) is 0 Å². The van der Waals surface area contributed by atoms with Crippen LogP contribution >= 0.6 is 12.2 Å². The van der Waals surface area contributed by atoms with Crippen molar-refractivity contribution in [2.75, 3.05) is 11.9 Å². The van der Waals surface area contributed by atoms with Gasteiger partial charge in [0.05, 0.1) is 6.54 Å². The van der Waals surface area contributed by atoms with E-state index in [0.717, 1.165) is 12.1 Å². The van der Waals surface area contributed by atoms with Crippen LogP contribution in [0, 0.1) is 11.6 Å². The molecule has 3 N–H and O–H groups in total. The highest BCUT2D eigenvalue weighted by Gasteiger charge is 2.11. The van der Waals surface area contributed by atoms with Crippen molar-refractivity contribution in [1.82, 2.24) is 9.78 Å². The molecule has 0 bridgehead atoms. The Balaban J connectivity index is 2.06. The van der Waals surface area contributed by atoms with Crippen LogP contribution in [0.5, 0.6) is 0 Å². The molecular weight excluding hydrogens is 270 g/mol. The Kier molecular flexibility index (Phi) is 4.06. The molecule has 0 unspecified atom stereocenters. The number of hydrogen-bond donors (Lipinski definition) is 2. The molecule has 0 spiro atoms. The Hall–Kier alpha value is -2.02. The van der Waals surface area contributed by atoms with Gasteiger partial charge in [-0.1, -0.05) is 12.2 Å². The summed E-state index contributed by atoms with van der Waals surface area (Å²) in [6.45, 7) is 0.852. The van der Waals surface area contributed by atoms with Crippen LogP contribution in [0.2, 0.25) is 0 Å². The fourth-order valence-corrected chi connectivity index (χ4v) is 1.73. The molecule has 2 aromatic rings. The molecule has 4 nitrogen and oxygen atoms in total. The highest BCUT2D eigenvalue weighted by Crippen LogP contribution is 2.20. The Bertz CT molecular complexity index is 560. The minimum atomic E-state index is -0.719. The molecule has 0 saturated heterocycles. The molecule has 0 aliphatic carbocycles. The Morgan fingerprint density at radius 1 is 1.37 bits per heavy atom. The summed E-state index contributed by atoms with van der Waals surface area (Å²) in [5.41, 5.74) is 5.31. The zero-order valence-electron chi connectivity index (χ0n) is 9.94. The predicted molar refractivity (Wildman–Crippen MR) is 73.0 cm³/mol. The number of thiocarbonyl (C=S) groups is 1. The van der Waals surface area contributed by atoms with Gasteiger partial charge in [0.15, 0.2) is 0 Å². The van der Waals surface area contributed by atoms with Gasteiger partial charge in [-0.3, -0.25) is 4.68 Å². The first-order valence-corrected chi connectivity index (χ1v) is 5.99. The second-order valence-corrected chi connectivity index (χ2v) is 4.31. The molecule has 1 aromatic heterocycles. The quantitative estimate of drug-likeness (QED) is 0.823. The smallest absolute Gasteiger partial charge is 0.150 e. The summed E-state index contributed by atoms with van der Waals surface area (Å²) in [4.78, 5) is -0.0408. The summed E-state index contributed by atoms with van der Waals surface area (Å²) in [6.07, 6.45) is 3.41.